The maximum Gasteiger partial charge on any atom is 0.269 e. The normalized spacial score (nSPS) is 10.6. The number of benzene rings is 3. The van der Waals surface area contributed by atoms with E-state index in [0.717, 1.165) is 29.8 Å². The van der Waals surface area contributed by atoms with Crippen LogP contribution in [0.2, 0.25) is 0 Å². The Morgan fingerprint density at radius 2 is 1.70 bits per heavy atom. The van der Waals surface area contributed by atoms with E-state index in [1.807, 2.05) is 42.5 Å². The summed E-state index contributed by atoms with van der Waals surface area (Å²) in [6.07, 6.45) is 0. The zero-order valence-corrected chi connectivity index (χ0v) is 18.0. The van der Waals surface area contributed by atoms with Crippen LogP contribution in [0, 0.1) is 0 Å². The Bertz CT molecular complexity index is 1010. The van der Waals surface area contributed by atoms with Gasteiger partial charge >= 0.3 is 0 Å². The molecule has 0 aliphatic rings. The zero-order chi connectivity index (χ0) is 21.3. The average Bonchev–Trinajstić information content (AvgIpc) is 2.76. The summed E-state index contributed by atoms with van der Waals surface area (Å²) in [7, 11) is 4.13. The van der Waals surface area contributed by atoms with Gasteiger partial charge in [-0.2, -0.15) is 0 Å². The molecule has 30 heavy (non-hydrogen) atoms. The maximum absolute atomic E-state index is 12.2. The monoisotopic (exact) mass is 423 g/mol. The lowest BCUT2D eigenvalue weighted by molar-refractivity contribution is -0.856. The Morgan fingerprint density at radius 1 is 0.967 bits per heavy atom. The molecule has 1 amide bonds. The second-order valence-electron chi connectivity index (χ2n) is 7.29. The SMILES string of the molecule is C[NH+](C)CCNC(=S)NNC(=O)c1ccc(COc2ccc3ccccc3c2)cc1. The molecule has 6 nitrogen and oxygen atoms in total. The standard InChI is InChI=1S/C23H26N4O2S/c1-27(2)14-13-24-23(30)26-25-22(28)19-9-7-17(8-10-19)16-29-21-12-11-18-5-3-4-6-20(18)15-21/h3-12,15H,13-14,16H2,1-2H3,(H,25,28)(H2,24,26,30)/p+1. The smallest absolute Gasteiger partial charge is 0.269 e. The van der Waals surface area contributed by atoms with Crippen LogP contribution in [0.4, 0.5) is 0 Å². The topological polar surface area (TPSA) is 66.8 Å². The quantitative estimate of drug-likeness (QED) is 0.344. The van der Waals surface area contributed by atoms with Gasteiger partial charge in [0.2, 0.25) is 0 Å². The van der Waals surface area contributed by atoms with E-state index in [1.165, 1.54) is 10.3 Å². The minimum Gasteiger partial charge on any atom is -0.489 e. The first-order valence-corrected chi connectivity index (χ1v) is 10.3. The number of hydrazine groups is 1. The lowest BCUT2D eigenvalue weighted by Crippen LogP contribution is -3.06. The molecule has 0 unspecified atom stereocenters. The van der Waals surface area contributed by atoms with Crippen molar-refractivity contribution in [3.63, 3.8) is 0 Å². The van der Waals surface area contributed by atoms with Crippen LogP contribution in [-0.2, 0) is 6.61 Å². The van der Waals surface area contributed by atoms with E-state index in [9.17, 15) is 4.79 Å². The van der Waals surface area contributed by atoms with E-state index in [2.05, 4.69) is 42.4 Å². The summed E-state index contributed by atoms with van der Waals surface area (Å²) in [5.74, 6) is 0.566. The summed E-state index contributed by atoms with van der Waals surface area (Å²) < 4.78 is 5.89. The Hall–Kier alpha value is -3.16. The van der Waals surface area contributed by atoms with Gasteiger partial charge in [-0.1, -0.05) is 42.5 Å². The number of nitrogens with one attached hydrogen (secondary N) is 4. The van der Waals surface area contributed by atoms with Gasteiger partial charge in [0.25, 0.3) is 5.91 Å². The number of carbonyl (C=O) groups excluding carboxylic acids is 1. The van der Waals surface area contributed by atoms with Crippen LogP contribution >= 0.6 is 12.2 Å². The van der Waals surface area contributed by atoms with Crippen LogP contribution in [0.5, 0.6) is 5.75 Å². The third-order valence-electron chi connectivity index (χ3n) is 4.54. The van der Waals surface area contributed by atoms with Crippen molar-refractivity contribution in [1.82, 2.24) is 16.2 Å². The molecule has 3 aromatic rings. The summed E-state index contributed by atoms with van der Waals surface area (Å²) in [6, 6.07) is 21.5. The maximum atomic E-state index is 12.2. The first-order valence-electron chi connectivity index (χ1n) is 9.85. The van der Waals surface area contributed by atoms with Crippen molar-refractivity contribution < 1.29 is 14.4 Å². The third kappa shape index (κ3) is 6.43. The van der Waals surface area contributed by atoms with Crippen molar-refractivity contribution in [2.24, 2.45) is 0 Å². The summed E-state index contributed by atoms with van der Waals surface area (Å²) in [5.41, 5.74) is 6.84. The molecular formula is C23H27N4O2S+. The van der Waals surface area contributed by atoms with Crippen LogP contribution in [-0.4, -0.2) is 38.2 Å². The van der Waals surface area contributed by atoms with Gasteiger partial charge < -0.3 is 15.0 Å². The van der Waals surface area contributed by atoms with Gasteiger partial charge in [0, 0.05) is 5.56 Å². The van der Waals surface area contributed by atoms with Crippen LogP contribution in [0.25, 0.3) is 10.8 Å². The molecule has 0 bridgehead atoms. The largest absolute Gasteiger partial charge is 0.489 e. The molecule has 0 radical (unpaired) electrons. The van der Waals surface area contributed by atoms with Crippen molar-refractivity contribution in [2.75, 3.05) is 27.2 Å². The first kappa shape index (κ1) is 21.5. The van der Waals surface area contributed by atoms with Gasteiger partial charge in [0.05, 0.1) is 27.2 Å². The number of thiocarbonyl (C=S) groups is 1. The zero-order valence-electron chi connectivity index (χ0n) is 17.2. The number of carbonyl (C=O) groups is 1. The number of likely N-dealkylation sites (N-methyl/N-ethyl adjacent to an activating group) is 1. The van der Waals surface area contributed by atoms with Gasteiger partial charge in [0.1, 0.15) is 12.4 Å². The molecule has 0 heterocycles. The fourth-order valence-corrected chi connectivity index (χ4v) is 2.99. The molecular weight excluding hydrogens is 396 g/mol. The van der Waals surface area contributed by atoms with E-state index in [0.29, 0.717) is 17.3 Å². The Morgan fingerprint density at radius 3 is 2.43 bits per heavy atom. The number of hydrogen-bond donors (Lipinski definition) is 4. The fourth-order valence-electron chi connectivity index (χ4n) is 2.83. The van der Waals surface area contributed by atoms with E-state index in [-0.39, 0.29) is 5.91 Å². The number of hydrogen-bond acceptors (Lipinski definition) is 3. The number of rotatable bonds is 7. The van der Waals surface area contributed by atoms with Crippen molar-refractivity contribution >= 4 is 34.0 Å². The number of ether oxygens (including phenoxy) is 1. The van der Waals surface area contributed by atoms with Crippen molar-refractivity contribution in [3.8, 4) is 5.75 Å². The lowest BCUT2D eigenvalue weighted by Gasteiger charge is -2.13. The van der Waals surface area contributed by atoms with Crippen LogP contribution < -0.4 is 25.8 Å². The molecule has 7 heteroatoms. The fraction of sp³-hybridized carbons (Fsp3) is 0.217. The van der Waals surface area contributed by atoms with Crippen molar-refractivity contribution in [1.29, 1.82) is 0 Å². The minimum absolute atomic E-state index is 0.251. The Balaban J connectivity index is 1.46. The van der Waals surface area contributed by atoms with Crippen LogP contribution in [0.3, 0.4) is 0 Å². The minimum atomic E-state index is -0.251. The molecule has 0 spiro atoms. The molecule has 3 rings (SSSR count). The highest BCUT2D eigenvalue weighted by Gasteiger charge is 2.06. The summed E-state index contributed by atoms with van der Waals surface area (Å²) >= 11 is 5.14. The first-order chi connectivity index (χ1) is 14.5. The second-order valence-corrected chi connectivity index (χ2v) is 7.69. The van der Waals surface area contributed by atoms with Gasteiger partial charge in [0.15, 0.2) is 5.11 Å². The summed E-state index contributed by atoms with van der Waals surface area (Å²) in [6.45, 7) is 2.09. The highest BCUT2D eigenvalue weighted by Crippen LogP contribution is 2.21. The summed E-state index contributed by atoms with van der Waals surface area (Å²) in [5, 5.41) is 5.76. The Kier molecular flexibility index (Phi) is 7.59. The molecule has 0 aliphatic heterocycles. The van der Waals surface area contributed by atoms with Crippen molar-refractivity contribution in [2.45, 2.75) is 6.61 Å². The van der Waals surface area contributed by atoms with E-state index < -0.39 is 0 Å². The highest BCUT2D eigenvalue weighted by molar-refractivity contribution is 7.80. The molecule has 0 aromatic heterocycles. The predicted molar refractivity (Wildman–Crippen MR) is 124 cm³/mol. The van der Waals surface area contributed by atoms with Gasteiger partial charge in [-0.25, -0.2) is 0 Å². The van der Waals surface area contributed by atoms with E-state index in [1.54, 1.807) is 12.1 Å². The molecule has 0 aliphatic carbocycles. The molecule has 0 saturated carbocycles. The predicted octanol–water partition coefficient (Wildman–Crippen LogP) is 1.67. The van der Waals surface area contributed by atoms with E-state index >= 15 is 0 Å². The van der Waals surface area contributed by atoms with Gasteiger partial charge in [-0.3, -0.25) is 15.6 Å². The Labute approximate surface area is 182 Å². The summed E-state index contributed by atoms with van der Waals surface area (Å²) in [4.78, 5) is 13.6. The molecule has 0 fully saturated rings. The number of amides is 1. The molecule has 0 saturated heterocycles. The molecule has 4 N–H and O–H groups in total. The molecule has 156 valence electrons. The second kappa shape index (κ2) is 10.6. The van der Waals surface area contributed by atoms with Crippen LogP contribution in [0.15, 0.2) is 66.7 Å². The van der Waals surface area contributed by atoms with E-state index in [4.69, 9.17) is 17.0 Å². The van der Waals surface area contributed by atoms with Crippen molar-refractivity contribution in [3.05, 3.63) is 77.9 Å². The lowest BCUT2D eigenvalue weighted by atomic mass is 10.1. The third-order valence-corrected chi connectivity index (χ3v) is 4.79. The van der Waals surface area contributed by atoms with Gasteiger partial charge in [-0.15, -0.1) is 0 Å². The van der Waals surface area contributed by atoms with Gasteiger partial charge in [-0.05, 0) is 52.8 Å². The number of quaternary nitrogens is 1. The molecule has 0 atom stereocenters. The number of fused-ring (bicyclic) bond motifs is 1. The van der Waals surface area contributed by atoms with Crippen LogP contribution in [0.1, 0.15) is 15.9 Å². The molecule has 3 aromatic carbocycles. The average molecular weight is 424 g/mol. The highest BCUT2D eigenvalue weighted by atomic mass is 32.1.